The Bertz CT molecular complexity index is 918. The second kappa shape index (κ2) is 7.80. The highest BCUT2D eigenvalue weighted by atomic mass is 32.2. The maximum atomic E-state index is 12.6. The summed E-state index contributed by atoms with van der Waals surface area (Å²) in [5, 5.41) is 5.29. The number of hydrogen-bond donors (Lipinski definition) is 1. The number of fused-ring (bicyclic) bond motifs is 1. The molecule has 3 heterocycles. The van der Waals surface area contributed by atoms with Gasteiger partial charge in [-0.1, -0.05) is 23.4 Å². The minimum atomic E-state index is 0.240. The molecule has 1 aliphatic heterocycles. The summed E-state index contributed by atoms with van der Waals surface area (Å²) in [6, 6.07) is 8.45. The van der Waals surface area contributed by atoms with Gasteiger partial charge in [-0.3, -0.25) is 4.79 Å². The Morgan fingerprint density at radius 2 is 2.07 bits per heavy atom. The molecule has 6 heteroatoms. The molecule has 0 atom stereocenters. The molecule has 1 saturated heterocycles. The summed E-state index contributed by atoms with van der Waals surface area (Å²) >= 11 is 1.65. The first kappa shape index (κ1) is 18.2. The van der Waals surface area contributed by atoms with Gasteiger partial charge in [0.05, 0.1) is 11.4 Å². The van der Waals surface area contributed by atoms with E-state index in [1.54, 1.807) is 11.8 Å². The maximum absolute atomic E-state index is 12.6. The lowest BCUT2D eigenvalue weighted by Gasteiger charge is -2.32. The fourth-order valence-electron chi connectivity index (χ4n) is 3.91. The van der Waals surface area contributed by atoms with Crippen LogP contribution in [0.3, 0.4) is 0 Å². The van der Waals surface area contributed by atoms with Gasteiger partial charge in [-0.15, -0.1) is 11.8 Å². The number of likely N-dealkylation sites (tertiary alicyclic amines) is 1. The van der Waals surface area contributed by atoms with Crippen molar-refractivity contribution >= 4 is 28.6 Å². The average Bonchev–Trinajstić information content (AvgIpc) is 3.26. The van der Waals surface area contributed by atoms with E-state index < -0.39 is 0 Å². The van der Waals surface area contributed by atoms with Gasteiger partial charge < -0.3 is 14.4 Å². The summed E-state index contributed by atoms with van der Waals surface area (Å²) < 4.78 is 5.19. The smallest absolute Gasteiger partial charge is 0.232 e. The van der Waals surface area contributed by atoms with Crippen LogP contribution in [0.1, 0.15) is 41.3 Å². The molecule has 1 aliphatic rings. The van der Waals surface area contributed by atoms with Crippen LogP contribution in [0.2, 0.25) is 0 Å². The maximum Gasteiger partial charge on any atom is 0.232 e. The quantitative estimate of drug-likeness (QED) is 0.709. The van der Waals surface area contributed by atoms with Crippen molar-refractivity contribution in [3.63, 3.8) is 0 Å². The molecule has 0 bridgehead atoms. The van der Waals surface area contributed by atoms with E-state index in [1.807, 2.05) is 18.7 Å². The topological polar surface area (TPSA) is 62.1 Å². The van der Waals surface area contributed by atoms with E-state index in [4.69, 9.17) is 4.52 Å². The van der Waals surface area contributed by atoms with Gasteiger partial charge in [0, 0.05) is 41.5 Å². The van der Waals surface area contributed by atoms with Gasteiger partial charge in [0.1, 0.15) is 5.76 Å². The van der Waals surface area contributed by atoms with Crippen molar-refractivity contribution < 1.29 is 9.32 Å². The average molecular weight is 384 g/mol. The summed E-state index contributed by atoms with van der Waals surface area (Å²) in [6.07, 6.45) is 4.20. The van der Waals surface area contributed by atoms with E-state index in [1.165, 1.54) is 16.5 Å². The zero-order valence-electron chi connectivity index (χ0n) is 15.8. The van der Waals surface area contributed by atoms with Crippen LogP contribution >= 0.6 is 11.8 Å². The molecule has 1 N–H and O–H groups in total. The number of carbonyl (C=O) groups excluding carboxylic acids is 1. The molecular formula is C21H25N3O2S. The van der Waals surface area contributed by atoms with Gasteiger partial charge in [0.2, 0.25) is 5.91 Å². The highest BCUT2D eigenvalue weighted by Gasteiger charge is 2.25. The molecule has 1 amide bonds. The molecule has 0 unspecified atom stereocenters. The van der Waals surface area contributed by atoms with Gasteiger partial charge in [0.25, 0.3) is 0 Å². The number of H-pyrrole nitrogens is 1. The second-order valence-corrected chi connectivity index (χ2v) is 8.23. The Balaban J connectivity index is 1.29. The van der Waals surface area contributed by atoms with Crippen molar-refractivity contribution in [2.24, 2.45) is 0 Å². The molecule has 0 saturated carbocycles. The number of carbonyl (C=O) groups is 1. The Morgan fingerprint density at radius 3 is 2.81 bits per heavy atom. The molecular weight excluding hydrogens is 358 g/mol. The highest BCUT2D eigenvalue weighted by Crippen LogP contribution is 2.33. The number of para-hydroxylation sites is 1. The number of aromatic amines is 1. The third-order valence-electron chi connectivity index (χ3n) is 5.56. The van der Waals surface area contributed by atoms with Gasteiger partial charge in [-0.25, -0.2) is 0 Å². The monoisotopic (exact) mass is 383 g/mol. The zero-order valence-corrected chi connectivity index (χ0v) is 16.6. The fraction of sp³-hybridized carbons (Fsp3) is 0.429. The molecule has 0 radical (unpaired) electrons. The van der Waals surface area contributed by atoms with E-state index in [0.29, 0.717) is 11.7 Å². The predicted molar refractivity (Wildman–Crippen MR) is 109 cm³/mol. The van der Waals surface area contributed by atoms with Crippen molar-refractivity contribution in [1.82, 2.24) is 15.0 Å². The summed E-state index contributed by atoms with van der Waals surface area (Å²) in [4.78, 5) is 18.0. The molecule has 0 spiro atoms. The normalized spacial score (nSPS) is 15.6. The van der Waals surface area contributed by atoms with E-state index in [-0.39, 0.29) is 5.91 Å². The summed E-state index contributed by atoms with van der Waals surface area (Å²) in [6.45, 7) is 5.56. The van der Waals surface area contributed by atoms with E-state index in [0.717, 1.165) is 48.7 Å². The van der Waals surface area contributed by atoms with Gasteiger partial charge in [-0.05, 0) is 44.2 Å². The number of amides is 1. The Morgan fingerprint density at radius 1 is 1.30 bits per heavy atom. The van der Waals surface area contributed by atoms with E-state index in [9.17, 15) is 4.79 Å². The van der Waals surface area contributed by atoms with Gasteiger partial charge >= 0.3 is 0 Å². The highest BCUT2D eigenvalue weighted by molar-refractivity contribution is 7.99. The summed E-state index contributed by atoms with van der Waals surface area (Å²) in [5.74, 6) is 2.91. The first-order chi connectivity index (χ1) is 13.1. The molecule has 27 heavy (non-hydrogen) atoms. The van der Waals surface area contributed by atoms with Crippen molar-refractivity contribution in [2.45, 2.75) is 38.4 Å². The van der Waals surface area contributed by atoms with E-state index in [2.05, 4.69) is 40.6 Å². The minimum absolute atomic E-state index is 0.240. The number of nitrogens with zero attached hydrogens (tertiary/aromatic N) is 2. The number of piperidine rings is 1. The van der Waals surface area contributed by atoms with Crippen LogP contribution in [-0.4, -0.2) is 39.8 Å². The number of aromatic nitrogens is 2. The molecule has 0 aliphatic carbocycles. The third kappa shape index (κ3) is 3.76. The van der Waals surface area contributed by atoms with Crippen LogP contribution in [0.4, 0.5) is 0 Å². The molecule has 2 aromatic heterocycles. The summed E-state index contributed by atoms with van der Waals surface area (Å²) in [5.41, 5.74) is 4.63. The molecule has 142 valence electrons. The van der Waals surface area contributed by atoms with Crippen molar-refractivity contribution in [3.8, 4) is 0 Å². The van der Waals surface area contributed by atoms with Crippen molar-refractivity contribution in [2.75, 3.05) is 18.8 Å². The fourth-order valence-corrected chi connectivity index (χ4v) is 4.99. The molecule has 1 aromatic carbocycles. The Labute approximate surface area is 163 Å². The largest absolute Gasteiger partial charge is 0.361 e. The van der Waals surface area contributed by atoms with Gasteiger partial charge in [0.15, 0.2) is 0 Å². The van der Waals surface area contributed by atoms with Crippen LogP contribution in [0.25, 0.3) is 10.9 Å². The number of benzene rings is 1. The molecule has 1 fully saturated rings. The lowest BCUT2D eigenvalue weighted by atomic mass is 9.89. The van der Waals surface area contributed by atoms with Crippen LogP contribution in [0.5, 0.6) is 0 Å². The van der Waals surface area contributed by atoms with Crippen molar-refractivity contribution in [1.29, 1.82) is 0 Å². The molecule has 5 nitrogen and oxygen atoms in total. The summed E-state index contributed by atoms with van der Waals surface area (Å²) in [7, 11) is 0. The van der Waals surface area contributed by atoms with Crippen LogP contribution in [0, 0.1) is 13.8 Å². The predicted octanol–water partition coefficient (Wildman–Crippen LogP) is 4.41. The number of rotatable bonds is 5. The van der Waals surface area contributed by atoms with Crippen LogP contribution < -0.4 is 0 Å². The molecule has 3 aromatic rings. The molecule has 4 rings (SSSR count). The number of nitrogens with one attached hydrogen (secondary N) is 1. The van der Waals surface area contributed by atoms with E-state index >= 15 is 0 Å². The Hall–Kier alpha value is -2.21. The van der Waals surface area contributed by atoms with Crippen LogP contribution in [-0.2, 0) is 10.5 Å². The minimum Gasteiger partial charge on any atom is -0.361 e. The number of hydrogen-bond acceptors (Lipinski definition) is 4. The van der Waals surface area contributed by atoms with Gasteiger partial charge in [-0.2, -0.15) is 0 Å². The lowest BCUT2D eigenvalue weighted by Crippen LogP contribution is -2.38. The number of thioether (sulfide) groups is 1. The van der Waals surface area contributed by atoms with Crippen LogP contribution in [0.15, 0.2) is 35.0 Å². The Kier molecular flexibility index (Phi) is 5.25. The first-order valence-electron chi connectivity index (χ1n) is 9.46. The third-order valence-corrected chi connectivity index (χ3v) is 6.51. The standard InChI is InChI=1S/C21H25N3O2S/c1-14-19(15(2)26-23-14)12-27-13-21(25)24-9-7-16(8-10-24)18-11-22-20-6-4-3-5-17(18)20/h3-6,11,16,22H,7-10,12-13H2,1-2H3. The van der Waals surface area contributed by atoms with Crippen molar-refractivity contribution in [3.05, 3.63) is 53.0 Å². The first-order valence-corrected chi connectivity index (χ1v) is 10.6. The lowest BCUT2D eigenvalue weighted by molar-refractivity contribution is -0.129. The zero-order chi connectivity index (χ0) is 18.8. The number of aryl methyl sites for hydroxylation is 2. The second-order valence-electron chi connectivity index (χ2n) is 7.24. The SMILES string of the molecule is Cc1noc(C)c1CSCC(=O)N1CCC(c2c[nH]c3ccccc23)CC1.